The van der Waals surface area contributed by atoms with Crippen molar-refractivity contribution in [3.05, 3.63) is 70.0 Å². The van der Waals surface area contributed by atoms with Crippen molar-refractivity contribution in [3.63, 3.8) is 0 Å². The summed E-state index contributed by atoms with van der Waals surface area (Å²) in [6, 6.07) is 14.4. The third-order valence-electron chi connectivity index (χ3n) is 3.45. The monoisotopic (exact) mass is 376 g/mol. The Balaban J connectivity index is 1.63. The highest BCUT2D eigenvalue weighted by molar-refractivity contribution is 6.42. The molecule has 0 fully saturated rings. The number of benzene rings is 2. The lowest BCUT2D eigenvalue weighted by Gasteiger charge is -2.09. The lowest BCUT2D eigenvalue weighted by molar-refractivity contribution is -0.148. The van der Waals surface area contributed by atoms with Crippen molar-refractivity contribution in [3.8, 4) is 11.5 Å². The first-order valence-corrected chi connectivity index (χ1v) is 8.31. The van der Waals surface area contributed by atoms with Crippen LogP contribution in [0.3, 0.4) is 0 Å². The van der Waals surface area contributed by atoms with Gasteiger partial charge in [-0.15, -0.1) is 10.2 Å². The van der Waals surface area contributed by atoms with Crippen LogP contribution in [-0.2, 0) is 16.0 Å². The zero-order valence-electron chi connectivity index (χ0n) is 13.3. The maximum Gasteiger partial charge on any atom is 0.311 e. The van der Waals surface area contributed by atoms with E-state index >= 15 is 0 Å². The van der Waals surface area contributed by atoms with Gasteiger partial charge in [0.2, 0.25) is 5.89 Å². The van der Waals surface area contributed by atoms with Crippen molar-refractivity contribution >= 4 is 29.2 Å². The topological polar surface area (TPSA) is 65.2 Å². The van der Waals surface area contributed by atoms with Crippen LogP contribution in [0.5, 0.6) is 0 Å². The van der Waals surface area contributed by atoms with Gasteiger partial charge in [-0.05, 0) is 36.8 Å². The van der Waals surface area contributed by atoms with E-state index in [0.29, 0.717) is 21.5 Å². The summed E-state index contributed by atoms with van der Waals surface area (Å²) < 4.78 is 10.9. The number of carbonyl (C=O) groups excluding carboxylic acids is 1. The van der Waals surface area contributed by atoms with Crippen molar-refractivity contribution in [2.24, 2.45) is 0 Å². The van der Waals surface area contributed by atoms with Crippen molar-refractivity contribution in [2.45, 2.75) is 19.4 Å². The molecule has 1 atom stereocenters. The first kappa shape index (κ1) is 17.5. The van der Waals surface area contributed by atoms with Gasteiger partial charge in [-0.3, -0.25) is 4.79 Å². The molecule has 0 saturated heterocycles. The minimum atomic E-state index is -0.653. The summed E-state index contributed by atoms with van der Waals surface area (Å²) in [7, 11) is 0. The molecule has 0 aliphatic rings. The molecule has 1 heterocycles. The van der Waals surface area contributed by atoms with E-state index in [-0.39, 0.29) is 12.3 Å². The van der Waals surface area contributed by atoms with E-state index in [4.69, 9.17) is 32.4 Å². The Labute approximate surface area is 154 Å². The molecule has 0 unspecified atom stereocenters. The average molecular weight is 377 g/mol. The molecule has 5 nitrogen and oxygen atoms in total. The maximum atomic E-state index is 12.1. The molecule has 0 bridgehead atoms. The summed E-state index contributed by atoms with van der Waals surface area (Å²) in [6.45, 7) is 1.68. The molecule has 7 heteroatoms. The molecule has 0 radical (unpaired) electrons. The average Bonchev–Trinajstić information content (AvgIpc) is 3.09. The van der Waals surface area contributed by atoms with Crippen LogP contribution in [0.15, 0.2) is 52.9 Å². The van der Waals surface area contributed by atoms with E-state index in [9.17, 15) is 4.79 Å². The lowest BCUT2D eigenvalue weighted by Crippen LogP contribution is -2.11. The second kappa shape index (κ2) is 7.68. The Bertz CT molecular complexity index is 881. The Morgan fingerprint density at radius 2 is 1.88 bits per heavy atom. The fourth-order valence-electron chi connectivity index (χ4n) is 2.20. The van der Waals surface area contributed by atoms with Gasteiger partial charge in [0.1, 0.15) is 0 Å². The van der Waals surface area contributed by atoms with Crippen LogP contribution in [0.2, 0.25) is 10.0 Å². The van der Waals surface area contributed by atoms with Crippen molar-refractivity contribution in [1.82, 2.24) is 10.2 Å². The quantitative estimate of drug-likeness (QED) is 0.593. The number of aromatic nitrogens is 2. The van der Waals surface area contributed by atoms with E-state index in [1.165, 1.54) is 0 Å². The van der Waals surface area contributed by atoms with E-state index < -0.39 is 12.1 Å². The van der Waals surface area contributed by atoms with Crippen molar-refractivity contribution in [1.29, 1.82) is 0 Å². The van der Waals surface area contributed by atoms with E-state index in [0.717, 1.165) is 5.56 Å². The minimum absolute atomic E-state index is 0.0703. The standard InChI is InChI=1S/C18H14Cl2N2O3/c1-11(17-21-22-18(25-17)13-5-3-2-4-6-13)24-16(23)10-12-7-8-14(19)15(20)9-12/h2-9,11H,10H2,1H3/t11-/m1/s1. The molecule has 0 aliphatic carbocycles. The number of esters is 1. The van der Waals surface area contributed by atoms with Gasteiger partial charge >= 0.3 is 5.97 Å². The summed E-state index contributed by atoms with van der Waals surface area (Å²) in [4.78, 5) is 12.1. The van der Waals surface area contributed by atoms with E-state index in [1.54, 1.807) is 25.1 Å². The molecule has 0 spiro atoms. The Morgan fingerprint density at radius 3 is 2.60 bits per heavy atom. The Hall–Kier alpha value is -2.37. The van der Waals surface area contributed by atoms with Gasteiger partial charge in [0.05, 0.1) is 16.5 Å². The Morgan fingerprint density at radius 1 is 1.12 bits per heavy atom. The molecule has 0 N–H and O–H groups in total. The molecule has 2 aromatic carbocycles. The summed E-state index contributed by atoms with van der Waals surface area (Å²) in [6.07, 6.45) is -0.582. The van der Waals surface area contributed by atoms with Gasteiger partial charge in [-0.25, -0.2) is 0 Å². The van der Waals surface area contributed by atoms with Gasteiger partial charge in [0.25, 0.3) is 5.89 Å². The largest absolute Gasteiger partial charge is 0.452 e. The second-order valence-electron chi connectivity index (χ2n) is 5.37. The minimum Gasteiger partial charge on any atom is -0.452 e. The second-order valence-corrected chi connectivity index (χ2v) is 6.18. The summed E-state index contributed by atoms with van der Waals surface area (Å²) in [5, 5.41) is 8.76. The molecule has 3 aromatic rings. The number of halogens is 2. The lowest BCUT2D eigenvalue weighted by atomic mass is 10.1. The van der Waals surface area contributed by atoms with Crippen LogP contribution >= 0.6 is 23.2 Å². The summed E-state index contributed by atoms with van der Waals surface area (Å²) in [5.41, 5.74) is 1.51. The predicted octanol–water partition coefficient (Wildman–Crippen LogP) is 4.89. The van der Waals surface area contributed by atoms with Crippen LogP contribution in [0.4, 0.5) is 0 Å². The molecular formula is C18H14Cl2N2O3. The zero-order valence-corrected chi connectivity index (χ0v) is 14.8. The van der Waals surface area contributed by atoms with Gasteiger partial charge in [0.15, 0.2) is 6.10 Å². The molecular weight excluding hydrogens is 363 g/mol. The van der Waals surface area contributed by atoms with Crippen LogP contribution in [-0.4, -0.2) is 16.2 Å². The molecule has 25 heavy (non-hydrogen) atoms. The van der Waals surface area contributed by atoms with Crippen LogP contribution in [0.25, 0.3) is 11.5 Å². The highest BCUT2D eigenvalue weighted by Gasteiger charge is 2.19. The highest BCUT2D eigenvalue weighted by atomic mass is 35.5. The number of ether oxygens (including phenoxy) is 1. The third-order valence-corrected chi connectivity index (χ3v) is 4.19. The number of carbonyl (C=O) groups is 1. The summed E-state index contributed by atoms with van der Waals surface area (Å²) in [5.74, 6) is 0.190. The number of nitrogens with zero attached hydrogens (tertiary/aromatic N) is 2. The normalized spacial score (nSPS) is 12.0. The molecule has 0 aliphatic heterocycles. The van der Waals surface area contributed by atoms with E-state index in [1.807, 2.05) is 30.3 Å². The summed E-state index contributed by atoms with van der Waals surface area (Å²) >= 11 is 11.8. The first-order chi connectivity index (χ1) is 12.0. The first-order valence-electron chi connectivity index (χ1n) is 7.55. The van der Waals surface area contributed by atoms with Crippen molar-refractivity contribution < 1.29 is 13.9 Å². The number of hydrogen-bond donors (Lipinski definition) is 0. The zero-order chi connectivity index (χ0) is 17.8. The molecule has 128 valence electrons. The van der Waals surface area contributed by atoms with Crippen molar-refractivity contribution in [2.75, 3.05) is 0 Å². The number of hydrogen-bond acceptors (Lipinski definition) is 5. The molecule has 0 amide bonds. The van der Waals surface area contributed by atoms with Gasteiger partial charge < -0.3 is 9.15 Å². The molecule has 3 rings (SSSR count). The van der Waals surface area contributed by atoms with Gasteiger partial charge in [0, 0.05) is 5.56 Å². The van der Waals surface area contributed by atoms with E-state index in [2.05, 4.69) is 10.2 Å². The maximum absolute atomic E-state index is 12.1. The fraction of sp³-hybridized carbons (Fsp3) is 0.167. The highest BCUT2D eigenvalue weighted by Crippen LogP contribution is 2.24. The fourth-order valence-corrected chi connectivity index (χ4v) is 2.52. The third kappa shape index (κ3) is 4.38. The number of rotatable bonds is 5. The molecule has 1 aromatic heterocycles. The molecule has 0 saturated carbocycles. The van der Waals surface area contributed by atoms with Crippen LogP contribution < -0.4 is 0 Å². The predicted molar refractivity (Wildman–Crippen MR) is 94.4 cm³/mol. The van der Waals surface area contributed by atoms with Gasteiger partial charge in [-0.1, -0.05) is 47.5 Å². The van der Waals surface area contributed by atoms with Crippen LogP contribution in [0.1, 0.15) is 24.5 Å². The Kier molecular flexibility index (Phi) is 5.36. The SMILES string of the molecule is C[C@@H](OC(=O)Cc1ccc(Cl)c(Cl)c1)c1nnc(-c2ccccc2)o1. The van der Waals surface area contributed by atoms with Crippen LogP contribution in [0, 0.1) is 0 Å². The van der Waals surface area contributed by atoms with Gasteiger partial charge in [-0.2, -0.15) is 0 Å². The smallest absolute Gasteiger partial charge is 0.311 e.